The number of carbonyl (C=O) groups excluding carboxylic acids is 1. The molecule has 2 aromatic carbocycles. The molecule has 0 unspecified atom stereocenters. The van der Waals surface area contributed by atoms with Crippen LogP contribution in [0.25, 0.3) is 10.8 Å². The number of fused-ring (bicyclic) bond motifs is 1. The molecule has 1 heterocycles. The number of rotatable bonds is 5. The van der Waals surface area contributed by atoms with Gasteiger partial charge in [0.1, 0.15) is 6.61 Å². The molecule has 0 spiro atoms. The van der Waals surface area contributed by atoms with E-state index in [4.69, 9.17) is 9.47 Å². The van der Waals surface area contributed by atoms with Crippen LogP contribution in [0.5, 0.6) is 5.75 Å². The summed E-state index contributed by atoms with van der Waals surface area (Å²) in [5, 5.41) is 1.87. The SMILES string of the molecule is CCc1cccc2c(OCc3ccccc3)c(C(=O)OC)ncc12. The maximum absolute atomic E-state index is 12.1. The van der Waals surface area contributed by atoms with Gasteiger partial charge in [-0.3, -0.25) is 0 Å². The molecule has 4 nitrogen and oxygen atoms in total. The van der Waals surface area contributed by atoms with Crippen LogP contribution in [0, 0.1) is 0 Å². The third-order valence-electron chi connectivity index (χ3n) is 3.96. The van der Waals surface area contributed by atoms with Gasteiger partial charge in [0.25, 0.3) is 0 Å². The number of nitrogens with zero attached hydrogens (tertiary/aromatic N) is 1. The van der Waals surface area contributed by atoms with Gasteiger partial charge in [-0.05, 0) is 17.5 Å². The van der Waals surface area contributed by atoms with Gasteiger partial charge in [-0.25, -0.2) is 9.78 Å². The summed E-state index contributed by atoms with van der Waals surface area (Å²) in [6.07, 6.45) is 2.60. The summed E-state index contributed by atoms with van der Waals surface area (Å²) >= 11 is 0. The number of aromatic nitrogens is 1. The first-order chi connectivity index (χ1) is 11.7. The molecule has 122 valence electrons. The van der Waals surface area contributed by atoms with E-state index in [1.807, 2.05) is 42.5 Å². The smallest absolute Gasteiger partial charge is 0.360 e. The largest absolute Gasteiger partial charge is 0.486 e. The predicted octanol–water partition coefficient (Wildman–Crippen LogP) is 4.16. The van der Waals surface area contributed by atoms with Gasteiger partial charge >= 0.3 is 5.97 Å². The van der Waals surface area contributed by atoms with E-state index in [1.165, 1.54) is 12.7 Å². The van der Waals surface area contributed by atoms with E-state index in [-0.39, 0.29) is 5.69 Å². The van der Waals surface area contributed by atoms with Gasteiger partial charge < -0.3 is 9.47 Å². The Kier molecular flexibility index (Phi) is 4.75. The number of esters is 1. The van der Waals surface area contributed by atoms with Crippen molar-refractivity contribution < 1.29 is 14.3 Å². The molecule has 0 saturated carbocycles. The molecule has 4 heteroatoms. The van der Waals surface area contributed by atoms with Crippen molar-refractivity contribution in [2.24, 2.45) is 0 Å². The molecule has 0 amide bonds. The Morgan fingerprint density at radius 2 is 1.83 bits per heavy atom. The Hall–Kier alpha value is -2.88. The number of carbonyl (C=O) groups is 1. The average Bonchev–Trinajstić information content (AvgIpc) is 2.65. The normalized spacial score (nSPS) is 10.6. The van der Waals surface area contributed by atoms with Crippen LogP contribution in [0.3, 0.4) is 0 Å². The molecule has 0 radical (unpaired) electrons. The quantitative estimate of drug-likeness (QED) is 0.662. The van der Waals surface area contributed by atoms with Gasteiger partial charge in [0, 0.05) is 17.0 Å². The number of hydrogen-bond acceptors (Lipinski definition) is 4. The highest BCUT2D eigenvalue weighted by Gasteiger charge is 2.19. The molecule has 0 bridgehead atoms. The van der Waals surface area contributed by atoms with E-state index in [9.17, 15) is 4.79 Å². The van der Waals surface area contributed by atoms with Gasteiger partial charge in [-0.2, -0.15) is 0 Å². The molecular formula is C20H19NO3. The summed E-state index contributed by atoms with van der Waals surface area (Å²) in [5.74, 6) is -0.0274. The van der Waals surface area contributed by atoms with Crippen molar-refractivity contribution >= 4 is 16.7 Å². The first-order valence-corrected chi connectivity index (χ1v) is 7.90. The fourth-order valence-corrected chi connectivity index (χ4v) is 2.70. The number of benzene rings is 2. The van der Waals surface area contributed by atoms with E-state index in [2.05, 4.69) is 18.0 Å². The summed E-state index contributed by atoms with van der Waals surface area (Å²) in [4.78, 5) is 16.4. The zero-order valence-electron chi connectivity index (χ0n) is 13.8. The van der Waals surface area contributed by atoms with Gasteiger partial charge in [-0.1, -0.05) is 55.5 Å². The number of hydrogen-bond donors (Lipinski definition) is 0. The lowest BCUT2D eigenvalue weighted by molar-refractivity contribution is 0.0589. The molecule has 3 aromatic rings. The molecule has 24 heavy (non-hydrogen) atoms. The minimum absolute atomic E-state index is 0.203. The zero-order chi connectivity index (χ0) is 16.9. The fourth-order valence-electron chi connectivity index (χ4n) is 2.70. The van der Waals surface area contributed by atoms with Crippen LogP contribution < -0.4 is 4.74 Å². The average molecular weight is 321 g/mol. The Morgan fingerprint density at radius 1 is 1.04 bits per heavy atom. The molecular weight excluding hydrogens is 302 g/mol. The second-order valence-electron chi connectivity index (χ2n) is 5.43. The van der Waals surface area contributed by atoms with Crippen molar-refractivity contribution in [3.8, 4) is 5.75 Å². The molecule has 3 rings (SSSR count). The lowest BCUT2D eigenvalue weighted by Crippen LogP contribution is -2.09. The van der Waals surface area contributed by atoms with Crippen molar-refractivity contribution in [1.29, 1.82) is 0 Å². The first kappa shape index (κ1) is 16.0. The van der Waals surface area contributed by atoms with Crippen LogP contribution >= 0.6 is 0 Å². The van der Waals surface area contributed by atoms with E-state index in [1.54, 1.807) is 6.20 Å². The second-order valence-corrected chi connectivity index (χ2v) is 5.43. The van der Waals surface area contributed by atoms with Gasteiger partial charge in [0.2, 0.25) is 0 Å². The predicted molar refractivity (Wildman–Crippen MR) is 93.2 cm³/mol. The topological polar surface area (TPSA) is 48.4 Å². The standard InChI is InChI=1S/C20H19NO3/c1-3-15-10-7-11-16-17(15)12-21-18(20(22)23-2)19(16)24-13-14-8-5-4-6-9-14/h4-12H,3,13H2,1-2H3. The molecule has 0 N–H and O–H groups in total. The van der Waals surface area contributed by atoms with Crippen molar-refractivity contribution in [2.45, 2.75) is 20.0 Å². The Labute approximate surface area is 141 Å². The van der Waals surface area contributed by atoms with E-state index in [0.717, 1.165) is 22.8 Å². The summed E-state index contributed by atoms with van der Waals surface area (Å²) in [6, 6.07) is 15.8. The van der Waals surface area contributed by atoms with Gasteiger partial charge in [0.05, 0.1) is 7.11 Å². The molecule has 0 fully saturated rings. The fraction of sp³-hybridized carbons (Fsp3) is 0.200. The lowest BCUT2D eigenvalue weighted by Gasteiger charge is -2.14. The highest BCUT2D eigenvalue weighted by atomic mass is 16.5. The van der Waals surface area contributed by atoms with Crippen LogP contribution in [0.15, 0.2) is 54.7 Å². The van der Waals surface area contributed by atoms with Gasteiger partial charge in [-0.15, -0.1) is 0 Å². The number of aryl methyl sites for hydroxylation is 1. The summed E-state index contributed by atoms with van der Waals surface area (Å²) in [7, 11) is 1.34. The lowest BCUT2D eigenvalue weighted by atomic mass is 10.0. The third-order valence-corrected chi connectivity index (χ3v) is 3.96. The monoisotopic (exact) mass is 321 g/mol. The Morgan fingerprint density at radius 3 is 2.54 bits per heavy atom. The van der Waals surface area contributed by atoms with Crippen molar-refractivity contribution in [1.82, 2.24) is 4.98 Å². The van der Waals surface area contributed by atoms with Crippen molar-refractivity contribution in [3.05, 3.63) is 71.5 Å². The van der Waals surface area contributed by atoms with Gasteiger partial charge in [0.15, 0.2) is 11.4 Å². The number of ether oxygens (including phenoxy) is 2. The van der Waals surface area contributed by atoms with Crippen LogP contribution in [0.2, 0.25) is 0 Å². The van der Waals surface area contributed by atoms with Crippen LogP contribution in [-0.2, 0) is 17.8 Å². The highest BCUT2D eigenvalue weighted by molar-refractivity contribution is 6.00. The third kappa shape index (κ3) is 3.08. The molecule has 0 saturated heterocycles. The maximum atomic E-state index is 12.1. The highest BCUT2D eigenvalue weighted by Crippen LogP contribution is 2.31. The second kappa shape index (κ2) is 7.13. The number of pyridine rings is 1. The van der Waals surface area contributed by atoms with Crippen molar-refractivity contribution in [3.63, 3.8) is 0 Å². The molecule has 1 aromatic heterocycles. The molecule has 0 aliphatic carbocycles. The van der Waals surface area contributed by atoms with Crippen LogP contribution in [0.4, 0.5) is 0 Å². The summed E-state index contributed by atoms with van der Waals surface area (Å²) < 4.78 is 10.8. The van der Waals surface area contributed by atoms with E-state index < -0.39 is 5.97 Å². The first-order valence-electron chi connectivity index (χ1n) is 7.90. The van der Waals surface area contributed by atoms with E-state index >= 15 is 0 Å². The summed E-state index contributed by atoms with van der Waals surface area (Å²) in [5.41, 5.74) is 2.40. The molecule has 0 aliphatic heterocycles. The maximum Gasteiger partial charge on any atom is 0.360 e. The van der Waals surface area contributed by atoms with Crippen LogP contribution in [-0.4, -0.2) is 18.1 Å². The molecule has 0 aliphatic rings. The van der Waals surface area contributed by atoms with Crippen molar-refractivity contribution in [2.75, 3.05) is 7.11 Å². The van der Waals surface area contributed by atoms with Crippen LogP contribution in [0.1, 0.15) is 28.5 Å². The Balaban J connectivity index is 2.08. The van der Waals surface area contributed by atoms with E-state index in [0.29, 0.717) is 12.4 Å². The minimum Gasteiger partial charge on any atom is -0.486 e. The molecule has 0 atom stereocenters. The summed E-state index contributed by atoms with van der Waals surface area (Å²) in [6.45, 7) is 2.45. The number of methoxy groups -OCH3 is 1. The Bertz CT molecular complexity index is 859. The minimum atomic E-state index is -0.498. The zero-order valence-corrected chi connectivity index (χ0v) is 13.8.